The summed E-state index contributed by atoms with van der Waals surface area (Å²) in [5, 5.41) is 0. The van der Waals surface area contributed by atoms with Gasteiger partial charge in [0.15, 0.2) is 0 Å². The van der Waals surface area contributed by atoms with E-state index in [0.717, 1.165) is 16.9 Å². The Balaban J connectivity index is 2.06. The fraction of sp³-hybridized carbons (Fsp3) is 0.235. The van der Waals surface area contributed by atoms with Crippen molar-refractivity contribution in [1.29, 1.82) is 0 Å². The van der Waals surface area contributed by atoms with Crippen molar-refractivity contribution in [2.24, 2.45) is 0 Å². The molecule has 0 N–H and O–H groups in total. The highest BCUT2D eigenvalue weighted by Gasteiger charge is 2.10. The molecule has 0 aromatic heterocycles. The first kappa shape index (κ1) is 14.1. The van der Waals surface area contributed by atoms with Crippen LogP contribution in [-0.2, 0) is 17.8 Å². The number of carbonyl (C=O) groups excluding carboxylic acids is 1. The van der Waals surface area contributed by atoms with Gasteiger partial charge in [0, 0.05) is 19.7 Å². The number of benzene rings is 2. The molecule has 2 aromatic rings. The normalized spacial score (nSPS) is 10.1. The first-order valence-corrected chi connectivity index (χ1v) is 6.61. The Kier molecular flexibility index (Phi) is 4.77. The first-order valence-electron chi connectivity index (χ1n) is 6.61. The Morgan fingerprint density at radius 2 is 1.65 bits per heavy atom. The lowest BCUT2D eigenvalue weighted by molar-refractivity contribution is -0.127. The maximum Gasteiger partial charge on any atom is 0.226 e. The third-order valence-corrected chi connectivity index (χ3v) is 3.05. The summed E-state index contributed by atoms with van der Waals surface area (Å²) in [5.74, 6) is 0.840. The van der Waals surface area contributed by atoms with Gasteiger partial charge in [0.1, 0.15) is 12.4 Å². The van der Waals surface area contributed by atoms with Crippen molar-refractivity contribution in [3.63, 3.8) is 0 Å². The second kappa shape index (κ2) is 6.75. The van der Waals surface area contributed by atoms with Crippen molar-refractivity contribution in [1.82, 2.24) is 4.90 Å². The minimum atomic E-state index is 0.0701. The van der Waals surface area contributed by atoms with E-state index in [0.29, 0.717) is 13.0 Å². The number of nitrogens with zero attached hydrogens (tertiary/aromatic N) is 1. The molecule has 1 amide bonds. The van der Waals surface area contributed by atoms with Gasteiger partial charge in [-0.15, -0.1) is 0 Å². The number of ether oxygens (including phenoxy) is 1. The molecule has 0 heterocycles. The van der Waals surface area contributed by atoms with Crippen molar-refractivity contribution in [2.45, 2.75) is 13.0 Å². The maximum absolute atomic E-state index is 11.8. The van der Waals surface area contributed by atoms with Gasteiger partial charge in [-0.2, -0.15) is 0 Å². The minimum Gasteiger partial charge on any atom is -0.489 e. The van der Waals surface area contributed by atoms with Crippen molar-refractivity contribution < 1.29 is 9.53 Å². The van der Waals surface area contributed by atoms with Crippen LogP contribution in [0.4, 0.5) is 0 Å². The summed E-state index contributed by atoms with van der Waals surface area (Å²) in [4.78, 5) is 13.4. The third-order valence-electron chi connectivity index (χ3n) is 3.05. The highest BCUT2D eigenvalue weighted by Crippen LogP contribution is 2.20. The lowest BCUT2D eigenvalue weighted by Gasteiger charge is -2.14. The first-order chi connectivity index (χ1) is 9.66. The molecule has 0 aliphatic rings. The van der Waals surface area contributed by atoms with Gasteiger partial charge < -0.3 is 9.64 Å². The summed E-state index contributed by atoms with van der Waals surface area (Å²) in [6.45, 7) is 0.508. The van der Waals surface area contributed by atoms with Gasteiger partial charge in [-0.1, -0.05) is 48.5 Å². The Labute approximate surface area is 119 Å². The zero-order valence-electron chi connectivity index (χ0n) is 11.9. The van der Waals surface area contributed by atoms with Crippen LogP contribution in [0.25, 0.3) is 0 Å². The largest absolute Gasteiger partial charge is 0.489 e. The molecule has 0 aliphatic carbocycles. The van der Waals surface area contributed by atoms with Crippen molar-refractivity contribution >= 4 is 5.91 Å². The number of hydrogen-bond acceptors (Lipinski definition) is 2. The van der Waals surface area contributed by atoms with Crippen LogP contribution in [0.1, 0.15) is 11.1 Å². The molecule has 0 saturated heterocycles. The monoisotopic (exact) mass is 269 g/mol. The average molecular weight is 269 g/mol. The summed E-state index contributed by atoms with van der Waals surface area (Å²) < 4.78 is 5.83. The molecule has 104 valence electrons. The van der Waals surface area contributed by atoms with Crippen LogP contribution in [0.5, 0.6) is 5.75 Å². The molecule has 2 rings (SSSR count). The summed E-state index contributed by atoms with van der Waals surface area (Å²) >= 11 is 0. The van der Waals surface area contributed by atoms with Crippen LogP contribution in [0, 0.1) is 0 Å². The third kappa shape index (κ3) is 3.85. The highest BCUT2D eigenvalue weighted by atomic mass is 16.5. The van der Waals surface area contributed by atoms with E-state index in [1.165, 1.54) is 0 Å². The number of rotatable bonds is 5. The van der Waals surface area contributed by atoms with Crippen molar-refractivity contribution in [2.75, 3.05) is 14.1 Å². The molecule has 0 unspecified atom stereocenters. The summed E-state index contributed by atoms with van der Waals surface area (Å²) in [6, 6.07) is 17.7. The van der Waals surface area contributed by atoms with E-state index in [-0.39, 0.29) is 5.91 Å². The van der Waals surface area contributed by atoms with Gasteiger partial charge in [-0.25, -0.2) is 0 Å². The Morgan fingerprint density at radius 3 is 2.35 bits per heavy atom. The Hall–Kier alpha value is -2.29. The predicted molar refractivity (Wildman–Crippen MR) is 79.6 cm³/mol. The van der Waals surface area contributed by atoms with Gasteiger partial charge in [0.2, 0.25) is 5.91 Å². The lowest BCUT2D eigenvalue weighted by Crippen LogP contribution is -2.23. The van der Waals surface area contributed by atoms with E-state index in [2.05, 4.69) is 0 Å². The number of amides is 1. The van der Waals surface area contributed by atoms with Gasteiger partial charge >= 0.3 is 0 Å². The molecule has 0 radical (unpaired) electrons. The highest BCUT2D eigenvalue weighted by molar-refractivity contribution is 5.78. The summed E-state index contributed by atoms with van der Waals surface area (Å²) in [6.07, 6.45) is 0.359. The SMILES string of the molecule is CN(C)C(=O)Cc1ccccc1OCc1ccccc1. The van der Waals surface area contributed by atoms with E-state index >= 15 is 0 Å². The van der Waals surface area contributed by atoms with E-state index in [1.807, 2.05) is 54.6 Å². The van der Waals surface area contributed by atoms with Crippen LogP contribution in [0.2, 0.25) is 0 Å². The topological polar surface area (TPSA) is 29.5 Å². The van der Waals surface area contributed by atoms with Crippen LogP contribution in [0.3, 0.4) is 0 Å². The predicted octanol–water partition coefficient (Wildman–Crippen LogP) is 2.90. The van der Waals surface area contributed by atoms with Crippen LogP contribution >= 0.6 is 0 Å². The Morgan fingerprint density at radius 1 is 1.00 bits per heavy atom. The van der Waals surface area contributed by atoms with E-state index in [9.17, 15) is 4.79 Å². The molecule has 0 bridgehead atoms. The van der Waals surface area contributed by atoms with E-state index < -0.39 is 0 Å². The number of para-hydroxylation sites is 1. The van der Waals surface area contributed by atoms with Gasteiger partial charge in [-0.3, -0.25) is 4.79 Å². The zero-order valence-corrected chi connectivity index (χ0v) is 11.9. The number of carbonyl (C=O) groups is 1. The van der Waals surface area contributed by atoms with Crippen LogP contribution < -0.4 is 4.74 Å². The Bertz CT molecular complexity index is 564. The maximum atomic E-state index is 11.8. The molecule has 0 aliphatic heterocycles. The van der Waals surface area contributed by atoms with Crippen LogP contribution in [-0.4, -0.2) is 24.9 Å². The van der Waals surface area contributed by atoms with Gasteiger partial charge in [0.25, 0.3) is 0 Å². The summed E-state index contributed by atoms with van der Waals surface area (Å²) in [5.41, 5.74) is 2.03. The molecule has 0 saturated carbocycles. The second-order valence-electron chi connectivity index (χ2n) is 4.85. The van der Waals surface area contributed by atoms with E-state index in [1.54, 1.807) is 19.0 Å². The smallest absolute Gasteiger partial charge is 0.226 e. The van der Waals surface area contributed by atoms with Crippen molar-refractivity contribution in [3.05, 3.63) is 65.7 Å². The number of hydrogen-bond donors (Lipinski definition) is 0. The van der Waals surface area contributed by atoms with Gasteiger partial charge in [-0.05, 0) is 11.6 Å². The van der Waals surface area contributed by atoms with Crippen LogP contribution in [0.15, 0.2) is 54.6 Å². The minimum absolute atomic E-state index is 0.0701. The quantitative estimate of drug-likeness (QED) is 0.835. The molecule has 2 aromatic carbocycles. The zero-order chi connectivity index (χ0) is 14.4. The molecule has 0 spiro atoms. The van der Waals surface area contributed by atoms with Crippen molar-refractivity contribution in [3.8, 4) is 5.75 Å². The fourth-order valence-corrected chi connectivity index (χ4v) is 1.85. The van der Waals surface area contributed by atoms with Gasteiger partial charge in [0.05, 0.1) is 6.42 Å². The fourth-order valence-electron chi connectivity index (χ4n) is 1.85. The van der Waals surface area contributed by atoms with E-state index in [4.69, 9.17) is 4.74 Å². The molecule has 20 heavy (non-hydrogen) atoms. The summed E-state index contributed by atoms with van der Waals surface area (Å²) in [7, 11) is 3.52. The average Bonchev–Trinajstić information content (AvgIpc) is 2.47. The standard InChI is InChI=1S/C17H19NO2/c1-18(2)17(19)12-15-10-6-7-11-16(15)20-13-14-8-4-3-5-9-14/h3-11H,12-13H2,1-2H3. The molecule has 0 fully saturated rings. The molecular weight excluding hydrogens is 250 g/mol. The lowest BCUT2D eigenvalue weighted by atomic mass is 10.1. The molecular formula is C17H19NO2. The molecule has 0 atom stereocenters. The molecule has 3 nitrogen and oxygen atoms in total. The number of likely N-dealkylation sites (N-methyl/N-ethyl adjacent to an activating group) is 1. The molecule has 3 heteroatoms. The second-order valence-corrected chi connectivity index (χ2v) is 4.85.